The van der Waals surface area contributed by atoms with E-state index in [1.54, 1.807) is 0 Å². The molecule has 11 rings (SSSR count). The smallest absolute Gasteiger partial charge is 0.139 e. The van der Waals surface area contributed by atoms with Crippen LogP contribution < -0.4 is 15.0 Å². The van der Waals surface area contributed by atoms with Crippen LogP contribution in [0.1, 0.15) is 5.56 Å². The van der Waals surface area contributed by atoms with Gasteiger partial charge in [-0.2, -0.15) is 0 Å². The van der Waals surface area contributed by atoms with Crippen molar-refractivity contribution in [3.63, 3.8) is 0 Å². The normalized spacial score (nSPS) is 12.1. The molecule has 0 atom stereocenters. The van der Waals surface area contributed by atoms with Gasteiger partial charge in [-0.3, -0.25) is 0 Å². The van der Waals surface area contributed by atoms with E-state index in [0.29, 0.717) is 0 Å². The lowest BCUT2D eigenvalue weighted by Crippen LogP contribution is -2.37. The first-order valence-corrected chi connectivity index (χ1v) is 23.8. The zero-order valence-electron chi connectivity index (χ0n) is 33.5. The van der Waals surface area contributed by atoms with E-state index in [9.17, 15) is 0 Å². The quantitative estimate of drug-likeness (QED) is 0.151. The van der Waals surface area contributed by atoms with Crippen molar-refractivity contribution in [2.75, 3.05) is 9.80 Å². The zero-order chi connectivity index (χ0) is 39.8. The molecule has 0 aliphatic heterocycles. The lowest BCUT2D eigenvalue weighted by molar-refractivity contribution is 0.656. The van der Waals surface area contributed by atoms with Crippen molar-refractivity contribution >= 4 is 113 Å². The number of rotatable bonds is 7. The van der Waals surface area contributed by atoms with Crippen LogP contribution in [0.15, 0.2) is 191 Å². The topological polar surface area (TPSA) is 32.8 Å². The maximum atomic E-state index is 6.62. The molecule has 0 aliphatic carbocycles. The largest absolute Gasteiger partial charge is 0.456 e. The molecule has 4 nitrogen and oxygen atoms in total. The molecule has 0 unspecified atom stereocenters. The van der Waals surface area contributed by atoms with E-state index in [2.05, 4.69) is 218 Å². The summed E-state index contributed by atoms with van der Waals surface area (Å²) in [6.45, 7) is 9.34. The van der Waals surface area contributed by atoms with Gasteiger partial charge < -0.3 is 18.6 Å². The summed E-state index contributed by atoms with van der Waals surface area (Å²) in [5, 5.41) is 10.4. The SMILES string of the molecule is Cc1cccc(N(c2ccccc2)c2ccc3cc4c(cc3c2)oc2cc3oc5cc6cc(N(c7ccccc7)c7cccc([Si](C)(C)C)c7)ccc6cc5c3cc24)c1. The highest BCUT2D eigenvalue weighted by molar-refractivity contribution is 6.88. The number of aryl methyl sites for hydroxylation is 1. The number of hydrogen-bond acceptors (Lipinski definition) is 4. The second-order valence-electron chi connectivity index (χ2n) is 16.8. The highest BCUT2D eigenvalue weighted by Gasteiger charge is 2.21. The molecule has 0 radical (unpaired) electrons. The molecule has 2 heterocycles. The van der Waals surface area contributed by atoms with Crippen molar-refractivity contribution in [2.45, 2.75) is 26.6 Å². The van der Waals surface area contributed by atoms with Gasteiger partial charge in [-0.15, -0.1) is 0 Å². The Labute approximate surface area is 344 Å². The number of para-hydroxylation sites is 2. The van der Waals surface area contributed by atoms with Crippen LogP contribution in [-0.4, -0.2) is 8.07 Å². The summed E-state index contributed by atoms with van der Waals surface area (Å²) < 4.78 is 13.2. The molecular formula is C54H42N2O2Si. The average Bonchev–Trinajstić information content (AvgIpc) is 3.77. The number of furan rings is 2. The summed E-state index contributed by atoms with van der Waals surface area (Å²) in [6.07, 6.45) is 0. The number of benzene rings is 9. The Kier molecular flexibility index (Phi) is 8.04. The Morgan fingerprint density at radius 2 is 0.780 bits per heavy atom. The third-order valence-electron chi connectivity index (χ3n) is 11.7. The Bertz CT molecular complexity index is 3400. The number of nitrogens with zero attached hydrogens (tertiary/aromatic N) is 2. The van der Waals surface area contributed by atoms with E-state index in [4.69, 9.17) is 8.83 Å². The number of hydrogen-bond donors (Lipinski definition) is 0. The van der Waals surface area contributed by atoms with Crippen molar-refractivity contribution in [1.82, 2.24) is 0 Å². The molecule has 2 aromatic heterocycles. The average molecular weight is 779 g/mol. The van der Waals surface area contributed by atoms with Crippen LogP contribution in [0.25, 0.3) is 65.4 Å². The van der Waals surface area contributed by atoms with Gasteiger partial charge in [0.1, 0.15) is 22.3 Å². The zero-order valence-corrected chi connectivity index (χ0v) is 34.5. The van der Waals surface area contributed by atoms with E-state index >= 15 is 0 Å². The molecule has 0 amide bonds. The second-order valence-corrected chi connectivity index (χ2v) is 21.9. The second kappa shape index (κ2) is 13.5. The third kappa shape index (κ3) is 6.14. The number of anilines is 6. The molecule has 59 heavy (non-hydrogen) atoms. The predicted octanol–water partition coefficient (Wildman–Crippen LogP) is 15.6. The van der Waals surface area contributed by atoms with E-state index < -0.39 is 8.07 Å². The van der Waals surface area contributed by atoms with Crippen molar-refractivity contribution in [3.8, 4) is 0 Å². The van der Waals surface area contributed by atoms with Gasteiger partial charge in [0.25, 0.3) is 0 Å². The Morgan fingerprint density at radius 3 is 1.29 bits per heavy atom. The molecule has 0 bridgehead atoms. The van der Waals surface area contributed by atoms with Crippen molar-refractivity contribution in [3.05, 3.63) is 188 Å². The molecule has 0 fully saturated rings. The van der Waals surface area contributed by atoms with Gasteiger partial charge in [0.15, 0.2) is 0 Å². The molecule has 5 heteroatoms. The fraction of sp³-hybridized carbons (Fsp3) is 0.0741. The Balaban J connectivity index is 1.00. The van der Waals surface area contributed by atoms with Crippen molar-refractivity contribution < 1.29 is 8.83 Å². The first-order chi connectivity index (χ1) is 28.7. The highest BCUT2D eigenvalue weighted by atomic mass is 28.3. The molecule has 9 aromatic carbocycles. The monoisotopic (exact) mass is 778 g/mol. The van der Waals surface area contributed by atoms with Crippen LogP contribution in [0, 0.1) is 6.92 Å². The standard InChI is InChI=1S/C54H42N2O2Si/c1-35-13-11-18-42(25-35)55(40-14-7-5-8-15-40)44-23-21-36-28-47-49-33-50-48-29-37-22-24-45(56(41-16-9-6-10-17-41)43-19-12-20-46(32-43)59(2,3)4)27-39(37)31-52(48)58-54(50)34-53(49)57-51(47)30-38(36)26-44/h5-34H,1-4H3. The minimum absolute atomic E-state index is 0.818. The molecule has 0 N–H and O–H groups in total. The van der Waals surface area contributed by atoms with Gasteiger partial charge in [0.05, 0.1) is 8.07 Å². The first-order valence-electron chi connectivity index (χ1n) is 20.3. The summed E-state index contributed by atoms with van der Waals surface area (Å²) in [4.78, 5) is 4.67. The van der Waals surface area contributed by atoms with E-state index in [1.165, 1.54) is 21.8 Å². The Morgan fingerprint density at radius 1 is 0.339 bits per heavy atom. The fourth-order valence-corrected chi connectivity index (χ4v) is 9.89. The van der Waals surface area contributed by atoms with Crippen molar-refractivity contribution in [2.24, 2.45) is 0 Å². The summed E-state index contributed by atoms with van der Waals surface area (Å²) in [7, 11) is -1.52. The Hall–Kier alpha value is -7.08. The van der Waals surface area contributed by atoms with Gasteiger partial charge in [0.2, 0.25) is 0 Å². The molecule has 0 aliphatic rings. The maximum Gasteiger partial charge on any atom is 0.139 e. The molecule has 0 saturated carbocycles. The summed E-state index contributed by atoms with van der Waals surface area (Å²) in [6, 6.07) is 65.6. The maximum absolute atomic E-state index is 6.62. The van der Waals surface area contributed by atoms with Crippen molar-refractivity contribution in [1.29, 1.82) is 0 Å². The van der Waals surface area contributed by atoms with Crippen LogP contribution in [0.2, 0.25) is 19.6 Å². The summed E-state index contributed by atoms with van der Waals surface area (Å²) in [5.74, 6) is 0. The molecular weight excluding hydrogens is 737 g/mol. The van der Waals surface area contributed by atoms with Gasteiger partial charge in [0, 0.05) is 61.7 Å². The van der Waals surface area contributed by atoms with Crippen LogP contribution in [0.3, 0.4) is 0 Å². The molecule has 0 saturated heterocycles. The van der Waals surface area contributed by atoms with E-state index in [0.717, 1.165) is 88.5 Å². The fourth-order valence-electron chi connectivity index (χ4n) is 8.71. The van der Waals surface area contributed by atoms with Gasteiger partial charge in [-0.25, -0.2) is 0 Å². The predicted molar refractivity (Wildman–Crippen MR) is 253 cm³/mol. The minimum Gasteiger partial charge on any atom is -0.456 e. The molecule has 284 valence electrons. The van der Waals surface area contributed by atoms with E-state index in [1.807, 2.05) is 0 Å². The summed E-state index contributed by atoms with van der Waals surface area (Å²) >= 11 is 0. The third-order valence-corrected chi connectivity index (χ3v) is 13.8. The lowest BCUT2D eigenvalue weighted by Gasteiger charge is -2.27. The van der Waals surface area contributed by atoms with Crippen LogP contribution in [0.5, 0.6) is 0 Å². The lowest BCUT2D eigenvalue weighted by atomic mass is 10.0. The minimum atomic E-state index is -1.52. The molecule has 11 aromatic rings. The van der Waals surface area contributed by atoms with Crippen LogP contribution >= 0.6 is 0 Å². The van der Waals surface area contributed by atoms with Gasteiger partial charge >= 0.3 is 0 Å². The van der Waals surface area contributed by atoms with Crippen LogP contribution in [-0.2, 0) is 0 Å². The van der Waals surface area contributed by atoms with Gasteiger partial charge in [-0.1, -0.05) is 97.6 Å². The van der Waals surface area contributed by atoms with Gasteiger partial charge in [-0.05, 0) is 137 Å². The first kappa shape index (κ1) is 35.1. The summed E-state index contributed by atoms with van der Waals surface area (Å²) in [5.41, 5.74) is 11.3. The van der Waals surface area contributed by atoms with Crippen LogP contribution in [0.4, 0.5) is 34.1 Å². The number of fused-ring (bicyclic) bond motifs is 8. The highest BCUT2D eigenvalue weighted by Crippen LogP contribution is 2.42. The molecule has 0 spiro atoms. The van der Waals surface area contributed by atoms with E-state index in [-0.39, 0.29) is 0 Å².